The van der Waals surface area contributed by atoms with E-state index in [9.17, 15) is 14.4 Å². The van der Waals surface area contributed by atoms with Gasteiger partial charge in [-0.05, 0) is 18.8 Å². The van der Waals surface area contributed by atoms with E-state index in [0.29, 0.717) is 19.4 Å². The molecule has 2 heterocycles. The van der Waals surface area contributed by atoms with E-state index in [2.05, 4.69) is 4.74 Å². The van der Waals surface area contributed by atoms with Crippen molar-refractivity contribution >= 4 is 17.9 Å². The van der Waals surface area contributed by atoms with Gasteiger partial charge in [-0.25, -0.2) is 0 Å². The maximum absolute atomic E-state index is 11.2. The minimum absolute atomic E-state index is 0.0266. The summed E-state index contributed by atoms with van der Waals surface area (Å²) < 4.78 is 14.4. The molecule has 2 fully saturated rings. The van der Waals surface area contributed by atoms with Crippen LogP contribution in [0.3, 0.4) is 0 Å². The van der Waals surface area contributed by atoms with E-state index in [4.69, 9.17) is 9.47 Å². The van der Waals surface area contributed by atoms with Crippen LogP contribution >= 0.6 is 0 Å². The Kier molecular flexibility index (Phi) is 4.30. The van der Waals surface area contributed by atoms with E-state index in [1.165, 1.54) is 0 Å². The highest BCUT2D eigenvalue weighted by atomic mass is 16.7. The van der Waals surface area contributed by atoms with Crippen LogP contribution in [0, 0.1) is 11.8 Å². The third-order valence-corrected chi connectivity index (χ3v) is 3.24. The van der Waals surface area contributed by atoms with Crippen LogP contribution in [-0.2, 0) is 28.6 Å². The molecule has 2 saturated heterocycles. The third kappa shape index (κ3) is 3.53. The van der Waals surface area contributed by atoms with Crippen molar-refractivity contribution in [1.29, 1.82) is 0 Å². The number of rotatable bonds is 4. The number of hydrogen-bond donors (Lipinski definition) is 0. The molecule has 0 radical (unpaired) electrons. The molecule has 2 unspecified atom stereocenters. The lowest BCUT2D eigenvalue weighted by Crippen LogP contribution is -2.12. The molecule has 2 rings (SSSR count). The summed E-state index contributed by atoms with van der Waals surface area (Å²) in [7, 11) is 0. The molecule has 18 heavy (non-hydrogen) atoms. The number of carbonyl (C=O) groups is 3. The van der Waals surface area contributed by atoms with Gasteiger partial charge in [0.15, 0.2) is 6.79 Å². The summed E-state index contributed by atoms with van der Waals surface area (Å²) in [6.07, 6.45) is 2.72. The molecule has 2 atom stereocenters. The first-order chi connectivity index (χ1) is 8.65. The van der Waals surface area contributed by atoms with Crippen molar-refractivity contribution in [2.24, 2.45) is 11.8 Å². The van der Waals surface area contributed by atoms with E-state index in [0.717, 1.165) is 12.8 Å². The number of carbonyl (C=O) groups excluding carboxylic acids is 3. The first kappa shape index (κ1) is 13.0. The van der Waals surface area contributed by atoms with Gasteiger partial charge in [0.1, 0.15) is 0 Å². The van der Waals surface area contributed by atoms with Gasteiger partial charge in [-0.2, -0.15) is 0 Å². The van der Waals surface area contributed by atoms with Crippen molar-refractivity contribution in [1.82, 2.24) is 0 Å². The molecule has 0 amide bonds. The first-order valence-corrected chi connectivity index (χ1v) is 6.13. The van der Waals surface area contributed by atoms with Crippen molar-refractivity contribution < 1.29 is 28.6 Å². The number of ether oxygens (including phenoxy) is 3. The van der Waals surface area contributed by atoms with Gasteiger partial charge in [-0.15, -0.1) is 0 Å². The summed E-state index contributed by atoms with van der Waals surface area (Å²) in [5.74, 6) is -1.28. The van der Waals surface area contributed by atoms with Gasteiger partial charge in [-0.1, -0.05) is 6.42 Å². The molecule has 0 spiro atoms. The van der Waals surface area contributed by atoms with Crippen LogP contribution in [0.1, 0.15) is 32.1 Å². The Morgan fingerprint density at radius 1 is 1.06 bits per heavy atom. The van der Waals surface area contributed by atoms with E-state index in [1.54, 1.807) is 0 Å². The molecular formula is C12H16O6. The van der Waals surface area contributed by atoms with Crippen molar-refractivity contribution in [3.05, 3.63) is 0 Å². The molecule has 6 heteroatoms. The fourth-order valence-electron chi connectivity index (χ4n) is 2.26. The van der Waals surface area contributed by atoms with Crippen LogP contribution in [-0.4, -0.2) is 31.3 Å². The van der Waals surface area contributed by atoms with Crippen molar-refractivity contribution in [2.45, 2.75) is 32.1 Å². The molecule has 0 aromatic heterocycles. The van der Waals surface area contributed by atoms with E-state index in [-0.39, 0.29) is 31.0 Å². The quantitative estimate of drug-likeness (QED) is 0.546. The maximum atomic E-state index is 11.2. The summed E-state index contributed by atoms with van der Waals surface area (Å²) in [5.41, 5.74) is 0. The second kappa shape index (κ2) is 5.95. The SMILES string of the molecule is O=C1CC(CCCC2CC(=O)OC2=O)COCO1. The average Bonchev–Trinajstić information content (AvgIpc) is 2.50. The zero-order chi connectivity index (χ0) is 13.0. The zero-order valence-electron chi connectivity index (χ0n) is 10.1. The molecule has 0 aromatic rings. The van der Waals surface area contributed by atoms with Gasteiger partial charge < -0.3 is 14.2 Å². The summed E-state index contributed by atoms with van der Waals surface area (Å²) >= 11 is 0. The lowest BCUT2D eigenvalue weighted by atomic mass is 9.94. The average molecular weight is 256 g/mol. The van der Waals surface area contributed by atoms with E-state index >= 15 is 0 Å². The molecule has 0 saturated carbocycles. The molecule has 2 aliphatic heterocycles. The lowest BCUT2D eigenvalue weighted by molar-refractivity contribution is -0.153. The summed E-state index contributed by atoms with van der Waals surface area (Å²) in [6.45, 7) is 0.526. The van der Waals surface area contributed by atoms with Crippen LogP contribution in [0.4, 0.5) is 0 Å². The minimum atomic E-state index is -0.439. The third-order valence-electron chi connectivity index (χ3n) is 3.24. The second-order valence-corrected chi connectivity index (χ2v) is 4.70. The first-order valence-electron chi connectivity index (χ1n) is 6.13. The largest absolute Gasteiger partial charge is 0.438 e. The van der Waals surface area contributed by atoms with Gasteiger partial charge in [0.25, 0.3) is 0 Å². The van der Waals surface area contributed by atoms with Gasteiger partial charge in [0.05, 0.1) is 25.4 Å². The zero-order valence-corrected chi connectivity index (χ0v) is 10.1. The van der Waals surface area contributed by atoms with Crippen LogP contribution in [0.15, 0.2) is 0 Å². The highest BCUT2D eigenvalue weighted by molar-refractivity contribution is 5.94. The Morgan fingerprint density at radius 3 is 2.61 bits per heavy atom. The molecule has 100 valence electrons. The van der Waals surface area contributed by atoms with Gasteiger partial charge in [0.2, 0.25) is 0 Å². The fourth-order valence-corrected chi connectivity index (χ4v) is 2.26. The highest BCUT2D eigenvalue weighted by Gasteiger charge is 2.33. The van der Waals surface area contributed by atoms with Crippen molar-refractivity contribution in [3.8, 4) is 0 Å². The van der Waals surface area contributed by atoms with Crippen LogP contribution in [0.25, 0.3) is 0 Å². The monoisotopic (exact) mass is 256 g/mol. The number of esters is 3. The summed E-state index contributed by atoms with van der Waals surface area (Å²) in [5, 5.41) is 0. The highest BCUT2D eigenvalue weighted by Crippen LogP contribution is 2.24. The molecule has 0 aliphatic carbocycles. The van der Waals surface area contributed by atoms with Crippen LogP contribution in [0.5, 0.6) is 0 Å². The lowest BCUT2D eigenvalue weighted by Gasteiger charge is -2.11. The predicted octanol–water partition coefficient (Wildman–Crippen LogP) is 0.784. The van der Waals surface area contributed by atoms with E-state index < -0.39 is 11.9 Å². The van der Waals surface area contributed by atoms with Crippen LogP contribution in [0.2, 0.25) is 0 Å². The normalized spacial score (nSPS) is 28.8. The molecule has 2 aliphatic rings. The molecule has 0 bridgehead atoms. The maximum Gasteiger partial charge on any atom is 0.317 e. The fraction of sp³-hybridized carbons (Fsp3) is 0.750. The van der Waals surface area contributed by atoms with Crippen molar-refractivity contribution in [3.63, 3.8) is 0 Å². The van der Waals surface area contributed by atoms with Gasteiger partial charge in [-0.3, -0.25) is 14.4 Å². The minimum Gasteiger partial charge on any atom is -0.438 e. The Balaban J connectivity index is 1.70. The van der Waals surface area contributed by atoms with Crippen LogP contribution < -0.4 is 0 Å². The second-order valence-electron chi connectivity index (χ2n) is 4.70. The number of hydrogen-bond acceptors (Lipinski definition) is 6. The summed E-state index contributed by atoms with van der Waals surface area (Å²) in [6, 6.07) is 0. The molecule has 0 N–H and O–H groups in total. The molecular weight excluding hydrogens is 240 g/mol. The standard InChI is InChI=1S/C12H16O6/c13-10-4-8(6-16-7-17-10)2-1-3-9-5-11(14)18-12(9)15/h8-9H,1-7H2. The predicted molar refractivity (Wildman–Crippen MR) is 58.1 cm³/mol. The van der Waals surface area contributed by atoms with Crippen molar-refractivity contribution in [2.75, 3.05) is 13.4 Å². The Morgan fingerprint density at radius 2 is 1.89 bits per heavy atom. The molecule has 6 nitrogen and oxygen atoms in total. The Hall–Kier alpha value is -1.43. The molecule has 0 aromatic carbocycles. The van der Waals surface area contributed by atoms with Gasteiger partial charge in [0, 0.05) is 0 Å². The Labute approximate surface area is 105 Å². The van der Waals surface area contributed by atoms with Gasteiger partial charge >= 0.3 is 17.9 Å². The topological polar surface area (TPSA) is 78.9 Å². The Bertz CT molecular complexity index is 350. The smallest absolute Gasteiger partial charge is 0.317 e. The summed E-state index contributed by atoms with van der Waals surface area (Å²) in [4.78, 5) is 33.3. The number of cyclic esters (lactones) is 3. The van der Waals surface area contributed by atoms with E-state index in [1.807, 2.05) is 0 Å².